The van der Waals surface area contributed by atoms with Crippen LogP contribution in [0.5, 0.6) is 0 Å². The second-order valence-corrected chi connectivity index (χ2v) is 4.73. The summed E-state index contributed by atoms with van der Waals surface area (Å²) in [4.78, 5) is 0. The summed E-state index contributed by atoms with van der Waals surface area (Å²) >= 11 is 0. The van der Waals surface area contributed by atoms with E-state index in [-0.39, 0.29) is 0 Å². The van der Waals surface area contributed by atoms with Gasteiger partial charge in [0, 0.05) is 18.7 Å². The summed E-state index contributed by atoms with van der Waals surface area (Å²) < 4.78 is 2.11. The van der Waals surface area contributed by atoms with Crippen LogP contribution in [0.1, 0.15) is 24.2 Å². The molecule has 2 aromatic heterocycles. The molecule has 3 heterocycles. The Balaban J connectivity index is 2.10. The second kappa shape index (κ2) is 3.56. The van der Waals surface area contributed by atoms with Gasteiger partial charge < -0.3 is 5.32 Å². The molecule has 1 aliphatic rings. The van der Waals surface area contributed by atoms with Crippen LogP contribution in [0.25, 0.3) is 5.65 Å². The molecule has 0 radical (unpaired) electrons. The summed E-state index contributed by atoms with van der Waals surface area (Å²) in [6, 6.07) is 4.18. The van der Waals surface area contributed by atoms with Crippen LogP contribution in [0.2, 0.25) is 0 Å². The van der Waals surface area contributed by atoms with Crippen LogP contribution in [0.15, 0.2) is 18.3 Å². The molecule has 4 nitrogen and oxygen atoms in total. The van der Waals surface area contributed by atoms with Crippen molar-refractivity contribution in [3.8, 4) is 0 Å². The minimum absolute atomic E-state index is 0.484. The van der Waals surface area contributed by atoms with Crippen LogP contribution in [-0.4, -0.2) is 27.7 Å². The number of fused-ring (bicyclic) bond motifs is 1. The van der Waals surface area contributed by atoms with Crippen LogP contribution >= 0.6 is 0 Å². The van der Waals surface area contributed by atoms with Crippen LogP contribution in [-0.2, 0) is 0 Å². The largest absolute Gasteiger partial charge is 0.316 e. The van der Waals surface area contributed by atoms with Gasteiger partial charge in [0.05, 0.1) is 0 Å². The van der Waals surface area contributed by atoms with E-state index in [2.05, 4.69) is 52.1 Å². The number of hydrogen-bond acceptors (Lipinski definition) is 3. The fourth-order valence-electron chi connectivity index (χ4n) is 2.42. The fraction of sp³-hybridized carbons (Fsp3) is 0.500. The standard InChI is InChI=1S/C12H16N4/c1-8-3-4-16-11(5-8)14-15-12(16)10-7-13-6-9(10)2/h3-5,9-10,13H,6-7H2,1-2H3/t9-,10-/m1/s1. The van der Waals surface area contributed by atoms with Gasteiger partial charge in [0.15, 0.2) is 5.65 Å². The van der Waals surface area contributed by atoms with Crippen molar-refractivity contribution in [2.45, 2.75) is 19.8 Å². The van der Waals surface area contributed by atoms with E-state index in [1.165, 1.54) is 5.56 Å². The maximum Gasteiger partial charge on any atom is 0.161 e. The highest BCUT2D eigenvalue weighted by atomic mass is 15.3. The Morgan fingerprint density at radius 2 is 2.25 bits per heavy atom. The molecule has 0 unspecified atom stereocenters. The lowest BCUT2D eigenvalue weighted by Gasteiger charge is -2.11. The van der Waals surface area contributed by atoms with Gasteiger partial charge in [-0.25, -0.2) is 0 Å². The lowest BCUT2D eigenvalue weighted by Crippen LogP contribution is -2.11. The van der Waals surface area contributed by atoms with Gasteiger partial charge >= 0.3 is 0 Å². The molecule has 1 fully saturated rings. The summed E-state index contributed by atoms with van der Waals surface area (Å²) in [5, 5.41) is 12.0. The molecule has 0 aromatic carbocycles. The minimum Gasteiger partial charge on any atom is -0.316 e. The number of aryl methyl sites for hydroxylation is 1. The summed E-state index contributed by atoms with van der Waals surface area (Å²) in [6.07, 6.45) is 2.07. The molecule has 84 valence electrons. The molecule has 1 aliphatic heterocycles. The van der Waals surface area contributed by atoms with E-state index in [0.29, 0.717) is 11.8 Å². The van der Waals surface area contributed by atoms with E-state index in [1.807, 2.05) is 0 Å². The van der Waals surface area contributed by atoms with Gasteiger partial charge in [0.2, 0.25) is 0 Å². The second-order valence-electron chi connectivity index (χ2n) is 4.73. The zero-order valence-corrected chi connectivity index (χ0v) is 9.64. The van der Waals surface area contributed by atoms with Crippen molar-refractivity contribution in [3.05, 3.63) is 29.7 Å². The van der Waals surface area contributed by atoms with Crippen LogP contribution in [0.3, 0.4) is 0 Å². The smallest absolute Gasteiger partial charge is 0.161 e. The first-order valence-corrected chi connectivity index (χ1v) is 5.77. The highest BCUT2D eigenvalue weighted by Crippen LogP contribution is 2.26. The zero-order chi connectivity index (χ0) is 11.1. The van der Waals surface area contributed by atoms with Crippen molar-refractivity contribution in [2.24, 2.45) is 5.92 Å². The molecular formula is C12H16N4. The number of rotatable bonds is 1. The fourth-order valence-corrected chi connectivity index (χ4v) is 2.42. The number of pyridine rings is 1. The van der Waals surface area contributed by atoms with Crippen LogP contribution in [0.4, 0.5) is 0 Å². The Labute approximate surface area is 94.7 Å². The predicted molar refractivity (Wildman–Crippen MR) is 62.5 cm³/mol. The molecule has 0 amide bonds. The minimum atomic E-state index is 0.484. The van der Waals surface area contributed by atoms with E-state index in [0.717, 1.165) is 24.6 Å². The van der Waals surface area contributed by atoms with E-state index < -0.39 is 0 Å². The molecule has 2 aromatic rings. The number of nitrogens with zero attached hydrogens (tertiary/aromatic N) is 3. The zero-order valence-electron chi connectivity index (χ0n) is 9.64. The summed E-state index contributed by atoms with van der Waals surface area (Å²) in [7, 11) is 0. The number of aromatic nitrogens is 3. The first-order chi connectivity index (χ1) is 7.75. The molecule has 0 saturated carbocycles. The Kier molecular flexibility index (Phi) is 2.17. The first kappa shape index (κ1) is 9.78. The van der Waals surface area contributed by atoms with Crippen molar-refractivity contribution in [1.29, 1.82) is 0 Å². The molecular weight excluding hydrogens is 200 g/mol. The average Bonchev–Trinajstić information content (AvgIpc) is 2.83. The normalized spacial score (nSPS) is 25.4. The van der Waals surface area contributed by atoms with Crippen molar-refractivity contribution in [3.63, 3.8) is 0 Å². The third kappa shape index (κ3) is 1.41. The van der Waals surface area contributed by atoms with E-state index in [4.69, 9.17) is 0 Å². The van der Waals surface area contributed by atoms with Gasteiger partial charge in [-0.2, -0.15) is 0 Å². The summed E-state index contributed by atoms with van der Waals surface area (Å²) in [5.74, 6) is 2.21. The van der Waals surface area contributed by atoms with Crippen molar-refractivity contribution in [2.75, 3.05) is 13.1 Å². The lowest BCUT2D eigenvalue weighted by atomic mass is 9.97. The Morgan fingerprint density at radius 1 is 1.38 bits per heavy atom. The van der Waals surface area contributed by atoms with Crippen LogP contribution < -0.4 is 5.32 Å². The molecule has 1 N–H and O–H groups in total. The van der Waals surface area contributed by atoms with Gasteiger partial charge in [0.25, 0.3) is 0 Å². The lowest BCUT2D eigenvalue weighted by molar-refractivity contribution is 0.541. The van der Waals surface area contributed by atoms with E-state index >= 15 is 0 Å². The third-order valence-corrected chi connectivity index (χ3v) is 3.44. The number of nitrogens with one attached hydrogen (secondary N) is 1. The molecule has 16 heavy (non-hydrogen) atoms. The van der Waals surface area contributed by atoms with Gasteiger partial charge in [-0.05, 0) is 37.1 Å². The van der Waals surface area contributed by atoms with Crippen molar-refractivity contribution >= 4 is 5.65 Å². The van der Waals surface area contributed by atoms with Crippen LogP contribution in [0, 0.1) is 12.8 Å². The summed E-state index contributed by atoms with van der Waals surface area (Å²) in [6.45, 7) is 6.43. The highest BCUT2D eigenvalue weighted by Gasteiger charge is 2.28. The Morgan fingerprint density at radius 3 is 3.00 bits per heavy atom. The predicted octanol–water partition coefficient (Wildman–Crippen LogP) is 1.36. The van der Waals surface area contributed by atoms with Crippen molar-refractivity contribution < 1.29 is 0 Å². The highest BCUT2D eigenvalue weighted by molar-refractivity contribution is 5.41. The Hall–Kier alpha value is -1.42. The topological polar surface area (TPSA) is 42.2 Å². The summed E-state index contributed by atoms with van der Waals surface area (Å²) in [5.41, 5.74) is 2.18. The third-order valence-electron chi connectivity index (χ3n) is 3.44. The maximum atomic E-state index is 4.34. The molecule has 0 aliphatic carbocycles. The molecule has 0 spiro atoms. The monoisotopic (exact) mass is 216 g/mol. The quantitative estimate of drug-likeness (QED) is 0.782. The average molecular weight is 216 g/mol. The van der Waals surface area contributed by atoms with Gasteiger partial charge in [-0.15, -0.1) is 10.2 Å². The molecule has 2 atom stereocenters. The van der Waals surface area contributed by atoms with Gasteiger partial charge in [0.1, 0.15) is 5.82 Å². The van der Waals surface area contributed by atoms with Gasteiger partial charge in [-0.3, -0.25) is 4.40 Å². The maximum absolute atomic E-state index is 4.34. The van der Waals surface area contributed by atoms with Crippen molar-refractivity contribution in [1.82, 2.24) is 19.9 Å². The SMILES string of the molecule is Cc1ccn2c([C@@H]3CNC[C@H]3C)nnc2c1. The Bertz CT molecular complexity index is 517. The number of hydrogen-bond donors (Lipinski definition) is 1. The molecule has 1 saturated heterocycles. The van der Waals surface area contributed by atoms with E-state index in [1.54, 1.807) is 0 Å². The van der Waals surface area contributed by atoms with E-state index in [9.17, 15) is 0 Å². The first-order valence-electron chi connectivity index (χ1n) is 5.77. The molecule has 4 heteroatoms. The molecule has 3 rings (SSSR count). The van der Waals surface area contributed by atoms with Gasteiger partial charge in [-0.1, -0.05) is 6.92 Å². The molecule has 0 bridgehead atoms.